The number of hydrogen-bond donors (Lipinski definition) is 2. The molecule has 1 rings (SSSR count). The molecule has 0 saturated heterocycles. The normalized spacial score (nSPS) is 10.7. The number of unbranched alkanes of at least 4 members (excludes halogenated alkanes) is 1. The summed E-state index contributed by atoms with van der Waals surface area (Å²) in [5, 5.41) is 2.95. The minimum atomic E-state index is 0.105. The maximum Gasteiger partial charge on any atom is 0.220 e. The van der Waals surface area contributed by atoms with Gasteiger partial charge in [-0.25, -0.2) is 0 Å². The lowest BCUT2D eigenvalue weighted by atomic mass is 10.1. The molecule has 0 aromatic heterocycles. The summed E-state index contributed by atoms with van der Waals surface area (Å²) in [4.78, 5) is 13.8. The standard InChI is InChI=1S/C15H25N3O/c1-18(2)12-6-5-11-17-15(19)10-9-13-7-3-4-8-14(13)16/h3-4,7-8H,5-6,9-12,16H2,1-2H3,(H,17,19). The van der Waals surface area contributed by atoms with Crippen LogP contribution in [0.3, 0.4) is 0 Å². The molecule has 3 N–H and O–H groups in total. The molecule has 0 radical (unpaired) electrons. The molecule has 0 aliphatic heterocycles. The molecular weight excluding hydrogens is 238 g/mol. The van der Waals surface area contributed by atoms with Crippen molar-refractivity contribution in [2.75, 3.05) is 32.9 Å². The third-order valence-corrected chi connectivity index (χ3v) is 3.03. The molecule has 4 nitrogen and oxygen atoms in total. The highest BCUT2D eigenvalue weighted by molar-refractivity contribution is 5.76. The maximum absolute atomic E-state index is 11.7. The zero-order valence-corrected chi connectivity index (χ0v) is 12.0. The third-order valence-electron chi connectivity index (χ3n) is 3.03. The first kappa shape index (κ1) is 15.5. The van der Waals surface area contributed by atoms with E-state index in [1.54, 1.807) is 0 Å². The van der Waals surface area contributed by atoms with Gasteiger partial charge in [0.15, 0.2) is 0 Å². The molecule has 19 heavy (non-hydrogen) atoms. The van der Waals surface area contributed by atoms with Crippen LogP contribution < -0.4 is 11.1 Å². The van der Waals surface area contributed by atoms with Crippen molar-refractivity contribution in [2.45, 2.75) is 25.7 Å². The lowest BCUT2D eigenvalue weighted by Crippen LogP contribution is -2.25. The molecule has 1 aromatic carbocycles. The van der Waals surface area contributed by atoms with Gasteiger partial charge in [0.1, 0.15) is 0 Å². The van der Waals surface area contributed by atoms with E-state index >= 15 is 0 Å². The monoisotopic (exact) mass is 263 g/mol. The Bertz CT molecular complexity index is 391. The van der Waals surface area contributed by atoms with E-state index in [0.29, 0.717) is 12.8 Å². The molecule has 0 bridgehead atoms. The van der Waals surface area contributed by atoms with Crippen molar-refractivity contribution in [1.82, 2.24) is 10.2 Å². The zero-order chi connectivity index (χ0) is 14.1. The molecule has 0 atom stereocenters. The number of hydrogen-bond acceptors (Lipinski definition) is 3. The van der Waals surface area contributed by atoms with Gasteiger partial charge in [-0.3, -0.25) is 4.79 Å². The van der Waals surface area contributed by atoms with Crippen molar-refractivity contribution in [3.8, 4) is 0 Å². The number of carbonyl (C=O) groups is 1. The van der Waals surface area contributed by atoms with Crippen molar-refractivity contribution in [3.63, 3.8) is 0 Å². The zero-order valence-electron chi connectivity index (χ0n) is 12.0. The topological polar surface area (TPSA) is 58.4 Å². The van der Waals surface area contributed by atoms with Gasteiger partial charge in [0.2, 0.25) is 5.91 Å². The lowest BCUT2D eigenvalue weighted by Gasteiger charge is -2.09. The van der Waals surface area contributed by atoms with Crippen LogP contribution in [-0.4, -0.2) is 38.0 Å². The molecule has 0 aliphatic rings. The van der Waals surface area contributed by atoms with E-state index in [-0.39, 0.29) is 5.91 Å². The molecule has 0 aliphatic carbocycles. The Balaban J connectivity index is 2.13. The van der Waals surface area contributed by atoms with Crippen LogP contribution in [0.25, 0.3) is 0 Å². The van der Waals surface area contributed by atoms with Crippen molar-refractivity contribution >= 4 is 11.6 Å². The predicted octanol–water partition coefficient (Wildman–Crippen LogP) is 1.66. The van der Waals surface area contributed by atoms with Crippen LogP contribution >= 0.6 is 0 Å². The van der Waals surface area contributed by atoms with Crippen molar-refractivity contribution in [2.24, 2.45) is 0 Å². The smallest absolute Gasteiger partial charge is 0.220 e. The molecule has 0 fully saturated rings. The van der Waals surface area contributed by atoms with Gasteiger partial charge in [-0.05, 0) is 51.5 Å². The van der Waals surface area contributed by atoms with Gasteiger partial charge in [-0.1, -0.05) is 18.2 Å². The second-order valence-electron chi connectivity index (χ2n) is 5.06. The second kappa shape index (κ2) is 8.53. The lowest BCUT2D eigenvalue weighted by molar-refractivity contribution is -0.121. The number of nitrogens with one attached hydrogen (secondary N) is 1. The fraction of sp³-hybridized carbons (Fsp3) is 0.533. The number of amides is 1. The Kier molecular flexibility index (Phi) is 6.97. The Morgan fingerprint density at radius 2 is 2.00 bits per heavy atom. The van der Waals surface area contributed by atoms with Crippen LogP contribution in [0.15, 0.2) is 24.3 Å². The molecule has 0 unspecified atom stereocenters. The van der Waals surface area contributed by atoms with Crippen LogP contribution in [0.4, 0.5) is 5.69 Å². The maximum atomic E-state index is 11.7. The van der Waals surface area contributed by atoms with E-state index in [0.717, 1.165) is 37.2 Å². The average Bonchev–Trinajstić information content (AvgIpc) is 2.37. The Morgan fingerprint density at radius 1 is 1.26 bits per heavy atom. The summed E-state index contributed by atoms with van der Waals surface area (Å²) < 4.78 is 0. The molecule has 106 valence electrons. The fourth-order valence-electron chi connectivity index (χ4n) is 1.88. The number of nitrogen functional groups attached to an aromatic ring is 1. The number of para-hydroxylation sites is 1. The second-order valence-corrected chi connectivity index (χ2v) is 5.06. The van der Waals surface area contributed by atoms with Crippen LogP contribution in [-0.2, 0) is 11.2 Å². The summed E-state index contributed by atoms with van der Waals surface area (Å²) in [6.07, 6.45) is 3.34. The quantitative estimate of drug-likeness (QED) is 0.554. The van der Waals surface area contributed by atoms with Gasteiger partial charge in [-0.2, -0.15) is 0 Å². The summed E-state index contributed by atoms with van der Waals surface area (Å²) in [6, 6.07) is 7.70. The van der Waals surface area contributed by atoms with Crippen molar-refractivity contribution < 1.29 is 4.79 Å². The number of aryl methyl sites for hydroxylation is 1. The summed E-state index contributed by atoms with van der Waals surface area (Å²) in [6.45, 7) is 1.83. The number of rotatable bonds is 8. The molecule has 1 aromatic rings. The molecule has 0 heterocycles. The molecule has 0 spiro atoms. The Labute approximate surface area is 116 Å². The van der Waals surface area contributed by atoms with Gasteiger partial charge < -0.3 is 16.0 Å². The van der Waals surface area contributed by atoms with Gasteiger partial charge >= 0.3 is 0 Å². The van der Waals surface area contributed by atoms with E-state index in [2.05, 4.69) is 24.3 Å². The third kappa shape index (κ3) is 6.82. The van der Waals surface area contributed by atoms with E-state index in [1.807, 2.05) is 24.3 Å². The van der Waals surface area contributed by atoms with Gasteiger partial charge in [0.25, 0.3) is 0 Å². The summed E-state index contributed by atoms with van der Waals surface area (Å²) in [5.74, 6) is 0.105. The number of carbonyl (C=O) groups excluding carboxylic acids is 1. The number of benzene rings is 1. The predicted molar refractivity (Wildman–Crippen MR) is 80.0 cm³/mol. The molecular formula is C15H25N3O. The van der Waals surface area contributed by atoms with Gasteiger partial charge in [-0.15, -0.1) is 0 Å². The highest BCUT2D eigenvalue weighted by Crippen LogP contribution is 2.12. The van der Waals surface area contributed by atoms with E-state index in [4.69, 9.17) is 5.73 Å². The first-order chi connectivity index (χ1) is 9.09. The van der Waals surface area contributed by atoms with E-state index < -0.39 is 0 Å². The minimum absolute atomic E-state index is 0.105. The first-order valence-electron chi connectivity index (χ1n) is 6.84. The van der Waals surface area contributed by atoms with E-state index in [1.165, 1.54) is 0 Å². The fourth-order valence-corrected chi connectivity index (χ4v) is 1.88. The number of nitrogens with zero attached hydrogens (tertiary/aromatic N) is 1. The molecule has 4 heteroatoms. The number of nitrogens with two attached hydrogens (primary N) is 1. The Hall–Kier alpha value is -1.55. The minimum Gasteiger partial charge on any atom is -0.399 e. The number of anilines is 1. The summed E-state index contributed by atoms with van der Waals surface area (Å²) >= 11 is 0. The molecule has 0 saturated carbocycles. The van der Waals surface area contributed by atoms with Crippen LogP contribution in [0, 0.1) is 0 Å². The SMILES string of the molecule is CN(C)CCCCNC(=O)CCc1ccccc1N. The highest BCUT2D eigenvalue weighted by Gasteiger charge is 2.03. The van der Waals surface area contributed by atoms with Crippen LogP contribution in [0.2, 0.25) is 0 Å². The average molecular weight is 263 g/mol. The van der Waals surface area contributed by atoms with Crippen molar-refractivity contribution in [3.05, 3.63) is 29.8 Å². The largest absolute Gasteiger partial charge is 0.399 e. The van der Waals surface area contributed by atoms with Gasteiger partial charge in [0.05, 0.1) is 0 Å². The summed E-state index contributed by atoms with van der Waals surface area (Å²) in [7, 11) is 4.12. The van der Waals surface area contributed by atoms with Crippen LogP contribution in [0.5, 0.6) is 0 Å². The first-order valence-corrected chi connectivity index (χ1v) is 6.84. The Morgan fingerprint density at radius 3 is 2.68 bits per heavy atom. The highest BCUT2D eigenvalue weighted by atomic mass is 16.1. The molecule has 1 amide bonds. The van der Waals surface area contributed by atoms with E-state index in [9.17, 15) is 4.79 Å². The van der Waals surface area contributed by atoms with Crippen molar-refractivity contribution in [1.29, 1.82) is 0 Å². The summed E-state index contributed by atoms with van der Waals surface area (Å²) in [5.41, 5.74) is 7.65. The van der Waals surface area contributed by atoms with Crippen LogP contribution in [0.1, 0.15) is 24.8 Å². The van der Waals surface area contributed by atoms with Gasteiger partial charge in [0, 0.05) is 18.7 Å².